The van der Waals surface area contributed by atoms with Gasteiger partial charge in [-0.2, -0.15) is 0 Å². The van der Waals surface area contributed by atoms with Crippen LogP contribution in [-0.4, -0.2) is 22.8 Å². The summed E-state index contributed by atoms with van der Waals surface area (Å²) >= 11 is 0. The van der Waals surface area contributed by atoms with E-state index in [0.29, 0.717) is 5.92 Å². The maximum atomic E-state index is 11.8. The summed E-state index contributed by atoms with van der Waals surface area (Å²) in [5, 5.41) is 0. The maximum absolute atomic E-state index is 11.8. The van der Waals surface area contributed by atoms with E-state index in [-0.39, 0.29) is 11.9 Å². The Morgan fingerprint density at radius 2 is 2.07 bits per heavy atom. The zero-order valence-corrected chi connectivity index (χ0v) is 9.18. The van der Waals surface area contributed by atoms with E-state index >= 15 is 0 Å². The molecule has 0 spiro atoms. The van der Waals surface area contributed by atoms with Crippen molar-refractivity contribution in [3.63, 3.8) is 0 Å². The summed E-state index contributed by atoms with van der Waals surface area (Å²) in [7, 11) is 1.88. The van der Waals surface area contributed by atoms with Crippen molar-refractivity contribution in [2.24, 2.45) is 5.92 Å². The van der Waals surface area contributed by atoms with Gasteiger partial charge in [-0.3, -0.25) is 9.78 Å². The lowest BCUT2D eigenvalue weighted by Gasteiger charge is -2.25. The van der Waals surface area contributed by atoms with E-state index in [4.69, 9.17) is 0 Å². The Balaban J connectivity index is 2.06. The molecule has 2 rings (SSSR count). The molecule has 1 aliphatic carbocycles. The molecule has 3 nitrogen and oxygen atoms in total. The van der Waals surface area contributed by atoms with Crippen molar-refractivity contribution in [2.75, 3.05) is 7.05 Å². The molecule has 1 heterocycles. The van der Waals surface area contributed by atoms with Gasteiger partial charge in [0.05, 0.1) is 6.04 Å². The first-order chi connectivity index (χ1) is 7.20. The summed E-state index contributed by atoms with van der Waals surface area (Å²) in [4.78, 5) is 17.6. The summed E-state index contributed by atoms with van der Waals surface area (Å²) in [5.41, 5.74) is 1.14. The van der Waals surface area contributed by atoms with Crippen LogP contribution >= 0.6 is 0 Å². The summed E-state index contributed by atoms with van der Waals surface area (Å²) < 4.78 is 0. The lowest BCUT2D eigenvalue weighted by Crippen LogP contribution is -2.30. The van der Waals surface area contributed by atoms with Crippen LogP contribution in [0.25, 0.3) is 0 Å². The van der Waals surface area contributed by atoms with E-state index in [1.165, 1.54) is 0 Å². The highest BCUT2D eigenvalue weighted by atomic mass is 16.2. The van der Waals surface area contributed by atoms with Gasteiger partial charge in [0.15, 0.2) is 0 Å². The summed E-state index contributed by atoms with van der Waals surface area (Å²) in [5.74, 6) is 0.568. The van der Waals surface area contributed by atoms with Crippen LogP contribution in [0, 0.1) is 5.92 Å². The third-order valence-corrected chi connectivity index (χ3v) is 3.04. The molecule has 0 radical (unpaired) electrons. The Bertz CT molecular complexity index is 346. The second-order valence-electron chi connectivity index (χ2n) is 4.18. The fraction of sp³-hybridized carbons (Fsp3) is 0.500. The largest absolute Gasteiger partial charge is 0.339 e. The quantitative estimate of drug-likeness (QED) is 0.754. The number of aromatic nitrogens is 1. The molecule has 3 heteroatoms. The van der Waals surface area contributed by atoms with Gasteiger partial charge >= 0.3 is 0 Å². The molecule has 0 bridgehead atoms. The van der Waals surface area contributed by atoms with Crippen LogP contribution in [0.15, 0.2) is 24.5 Å². The molecular weight excluding hydrogens is 188 g/mol. The lowest BCUT2D eigenvalue weighted by molar-refractivity contribution is -0.133. The number of rotatable bonds is 3. The molecule has 15 heavy (non-hydrogen) atoms. The van der Waals surface area contributed by atoms with Gasteiger partial charge in [0, 0.05) is 25.4 Å². The first kappa shape index (κ1) is 10.1. The molecule has 1 amide bonds. The monoisotopic (exact) mass is 204 g/mol. The third kappa shape index (κ3) is 2.17. The van der Waals surface area contributed by atoms with Crippen molar-refractivity contribution in [3.05, 3.63) is 30.1 Å². The smallest absolute Gasteiger partial charge is 0.225 e. The highest BCUT2D eigenvalue weighted by Gasteiger charge is 2.33. The van der Waals surface area contributed by atoms with Crippen LogP contribution < -0.4 is 0 Å². The first-order valence-corrected chi connectivity index (χ1v) is 5.36. The Morgan fingerprint density at radius 1 is 1.47 bits per heavy atom. The van der Waals surface area contributed by atoms with Gasteiger partial charge < -0.3 is 4.90 Å². The molecule has 0 aromatic carbocycles. The lowest BCUT2D eigenvalue weighted by atomic mass is 10.1. The van der Waals surface area contributed by atoms with E-state index in [1.807, 2.05) is 24.1 Å². The van der Waals surface area contributed by atoms with E-state index in [9.17, 15) is 4.79 Å². The molecule has 1 atom stereocenters. The number of hydrogen-bond donors (Lipinski definition) is 0. The SMILES string of the molecule is CC(c1ccncc1)N(C)C(=O)C1CC1. The fourth-order valence-electron chi connectivity index (χ4n) is 1.67. The van der Waals surface area contributed by atoms with Crippen LogP contribution in [-0.2, 0) is 4.79 Å². The average Bonchev–Trinajstić information content (AvgIpc) is 3.11. The van der Waals surface area contributed by atoms with Crippen LogP contribution in [0.1, 0.15) is 31.4 Å². The number of nitrogens with zero attached hydrogens (tertiary/aromatic N) is 2. The van der Waals surface area contributed by atoms with E-state index in [0.717, 1.165) is 18.4 Å². The molecule has 0 saturated heterocycles. The van der Waals surface area contributed by atoms with Crippen LogP contribution in [0.3, 0.4) is 0 Å². The molecule has 0 N–H and O–H groups in total. The number of hydrogen-bond acceptors (Lipinski definition) is 2. The number of carbonyl (C=O) groups is 1. The maximum Gasteiger partial charge on any atom is 0.225 e. The van der Waals surface area contributed by atoms with Crippen molar-refractivity contribution in [2.45, 2.75) is 25.8 Å². The van der Waals surface area contributed by atoms with E-state index in [2.05, 4.69) is 11.9 Å². The number of amides is 1. The van der Waals surface area contributed by atoms with Crippen molar-refractivity contribution >= 4 is 5.91 Å². The molecule has 1 aromatic rings. The van der Waals surface area contributed by atoms with E-state index < -0.39 is 0 Å². The van der Waals surface area contributed by atoms with Gasteiger partial charge in [0.1, 0.15) is 0 Å². The average molecular weight is 204 g/mol. The molecule has 1 aliphatic rings. The van der Waals surface area contributed by atoms with Crippen molar-refractivity contribution in [1.82, 2.24) is 9.88 Å². The van der Waals surface area contributed by atoms with Gasteiger partial charge in [-0.1, -0.05) is 0 Å². The third-order valence-electron chi connectivity index (χ3n) is 3.04. The molecule has 1 unspecified atom stereocenters. The second kappa shape index (κ2) is 4.01. The number of carbonyl (C=O) groups excluding carboxylic acids is 1. The molecule has 0 aliphatic heterocycles. The minimum Gasteiger partial charge on any atom is -0.339 e. The van der Waals surface area contributed by atoms with Crippen LogP contribution in [0.2, 0.25) is 0 Å². The summed E-state index contributed by atoms with van der Waals surface area (Å²) in [6, 6.07) is 4.06. The van der Waals surface area contributed by atoms with Crippen LogP contribution in [0.4, 0.5) is 0 Å². The van der Waals surface area contributed by atoms with Crippen molar-refractivity contribution in [1.29, 1.82) is 0 Å². The topological polar surface area (TPSA) is 33.2 Å². The highest BCUT2D eigenvalue weighted by Crippen LogP contribution is 2.33. The Kier molecular flexibility index (Phi) is 2.71. The predicted octanol–water partition coefficient (Wildman–Crippen LogP) is 2.01. The van der Waals surface area contributed by atoms with Crippen LogP contribution in [0.5, 0.6) is 0 Å². The molecule has 1 saturated carbocycles. The second-order valence-corrected chi connectivity index (χ2v) is 4.18. The normalized spacial score (nSPS) is 17.2. The Hall–Kier alpha value is -1.38. The van der Waals surface area contributed by atoms with Gasteiger partial charge in [0.2, 0.25) is 5.91 Å². The number of pyridine rings is 1. The molecule has 1 fully saturated rings. The Morgan fingerprint density at radius 3 is 2.60 bits per heavy atom. The zero-order chi connectivity index (χ0) is 10.8. The minimum atomic E-state index is 0.140. The van der Waals surface area contributed by atoms with Gasteiger partial charge in [0.25, 0.3) is 0 Å². The summed E-state index contributed by atoms with van der Waals surface area (Å²) in [6.45, 7) is 2.05. The predicted molar refractivity (Wildman–Crippen MR) is 58.1 cm³/mol. The van der Waals surface area contributed by atoms with Gasteiger partial charge in [-0.15, -0.1) is 0 Å². The zero-order valence-electron chi connectivity index (χ0n) is 9.18. The molecule has 80 valence electrons. The van der Waals surface area contributed by atoms with Crippen molar-refractivity contribution in [3.8, 4) is 0 Å². The Labute approximate surface area is 90.1 Å². The molecule has 1 aromatic heterocycles. The minimum absolute atomic E-state index is 0.140. The first-order valence-electron chi connectivity index (χ1n) is 5.36. The van der Waals surface area contributed by atoms with Crippen molar-refractivity contribution < 1.29 is 4.79 Å². The highest BCUT2D eigenvalue weighted by molar-refractivity contribution is 5.81. The molecular formula is C12H16N2O. The standard InChI is InChI=1S/C12H16N2O/c1-9(10-5-7-13-8-6-10)14(2)12(15)11-3-4-11/h5-9,11H,3-4H2,1-2H3. The summed E-state index contributed by atoms with van der Waals surface area (Å²) in [6.07, 6.45) is 5.65. The van der Waals surface area contributed by atoms with Gasteiger partial charge in [-0.05, 0) is 37.5 Å². The van der Waals surface area contributed by atoms with Gasteiger partial charge in [-0.25, -0.2) is 0 Å². The van der Waals surface area contributed by atoms with E-state index in [1.54, 1.807) is 12.4 Å². The fourth-order valence-corrected chi connectivity index (χ4v) is 1.67.